The Balaban J connectivity index is 2.28. The first-order valence-corrected chi connectivity index (χ1v) is 8.79. The summed E-state index contributed by atoms with van der Waals surface area (Å²) in [5, 5.41) is 0. The molecule has 0 spiro atoms. The molecule has 2 aliphatic heterocycles. The minimum Gasteiger partial charge on any atom is -0.329 e. The smallest absolute Gasteiger partial charge is 0.0501 e. The first-order valence-electron chi connectivity index (χ1n) is 8.79. The number of nitrogens with two attached hydrogens (primary N) is 1. The first-order chi connectivity index (χ1) is 9.58. The van der Waals surface area contributed by atoms with Crippen LogP contribution >= 0.6 is 0 Å². The third kappa shape index (κ3) is 2.77. The fourth-order valence-corrected chi connectivity index (χ4v) is 4.71. The molecular weight excluding hydrogens is 246 g/mol. The Bertz CT molecular complexity index is 301. The van der Waals surface area contributed by atoms with Crippen LogP contribution in [0.1, 0.15) is 59.8 Å². The summed E-state index contributed by atoms with van der Waals surface area (Å²) in [6.45, 7) is 14.0. The quantitative estimate of drug-likeness (QED) is 0.779. The Labute approximate surface area is 125 Å². The van der Waals surface area contributed by atoms with Gasteiger partial charge in [0.15, 0.2) is 0 Å². The molecule has 2 fully saturated rings. The molecular formula is C17H35N3. The van der Waals surface area contributed by atoms with E-state index in [2.05, 4.69) is 37.5 Å². The van der Waals surface area contributed by atoms with Gasteiger partial charge in [0, 0.05) is 31.7 Å². The molecule has 2 rings (SSSR count). The lowest BCUT2D eigenvalue weighted by molar-refractivity contribution is 0.0126. The molecule has 0 radical (unpaired) electrons. The van der Waals surface area contributed by atoms with E-state index in [0.29, 0.717) is 12.1 Å². The van der Waals surface area contributed by atoms with Crippen LogP contribution in [0.3, 0.4) is 0 Å². The Hall–Kier alpha value is -0.120. The van der Waals surface area contributed by atoms with Crippen molar-refractivity contribution in [2.45, 2.75) is 77.4 Å². The van der Waals surface area contributed by atoms with Crippen LogP contribution in [0.25, 0.3) is 0 Å². The zero-order chi connectivity index (χ0) is 14.8. The highest BCUT2D eigenvalue weighted by Crippen LogP contribution is 2.41. The topological polar surface area (TPSA) is 32.5 Å². The third-order valence-corrected chi connectivity index (χ3v) is 5.69. The molecule has 2 aliphatic rings. The van der Waals surface area contributed by atoms with Crippen LogP contribution in [0.4, 0.5) is 0 Å². The van der Waals surface area contributed by atoms with Gasteiger partial charge in [-0.05, 0) is 44.6 Å². The summed E-state index contributed by atoms with van der Waals surface area (Å²) < 4.78 is 0. The molecule has 3 heteroatoms. The van der Waals surface area contributed by atoms with E-state index in [0.717, 1.165) is 12.5 Å². The van der Waals surface area contributed by atoms with Crippen LogP contribution in [0, 0.1) is 5.92 Å². The standard InChI is InChI=1S/C17H35N3/c1-5-15(6-2)20(12-14(3)4)17(13-18)9-11-19-10-7-8-16(17)19/h14-16H,5-13,18H2,1-4H3. The maximum absolute atomic E-state index is 6.38. The summed E-state index contributed by atoms with van der Waals surface area (Å²) in [7, 11) is 0. The Morgan fingerprint density at radius 2 is 1.95 bits per heavy atom. The highest BCUT2D eigenvalue weighted by molar-refractivity contribution is 5.11. The van der Waals surface area contributed by atoms with Crippen molar-refractivity contribution in [3.63, 3.8) is 0 Å². The van der Waals surface area contributed by atoms with Gasteiger partial charge in [-0.25, -0.2) is 0 Å². The minimum absolute atomic E-state index is 0.247. The second-order valence-corrected chi connectivity index (χ2v) is 7.27. The Morgan fingerprint density at radius 3 is 2.50 bits per heavy atom. The molecule has 118 valence electrons. The zero-order valence-electron chi connectivity index (χ0n) is 14.1. The van der Waals surface area contributed by atoms with Gasteiger partial charge in [0.1, 0.15) is 0 Å². The van der Waals surface area contributed by atoms with E-state index in [4.69, 9.17) is 5.73 Å². The highest BCUT2D eigenvalue weighted by Gasteiger charge is 2.52. The van der Waals surface area contributed by atoms with Gasteiger partial charge in [-0.1, -0.05) is 27.7 Å². The van der Waals surface area contributed by atoms with Crippen LogP contribution in [0.15, 0.2) is 0 Å². The summed E-state index contributed by atoms with van der Waals surface area (Å²) in [5.74, 6) is 0.717. The molecule has 2 N–H and O–H groups in total. The van der Waals surface area contributed by atoms with Gasteiger partial charge >= 0.3 is 0 Å². The predicted octanol–water partition coefficient (Wildman–Crippen LogP) is 2.70. The van der Waals surface area contributed by atoms with Crippen molar-refractivity contribution in [1.82, 2.24) is 9.80 Å². The molecule has 2 atom stereocenters. The van der Waals surface area contributed by atoms with Crippen molar-refractivity contribution in [3.8, 4) is 0 Å². The molecule has 0 aromatic carbocycles. The lowest BCUT2D eigenvalue weighted by Crippen LogP contribution is -2.63. The molecule has 0 aliphatic carbocycles. The second kappa shape index (κ2) is 6.76. The average Bonchev–Trinajstić information content (AvgIpc) is 3.00. The van der Waals surface area contributed by atoms with E-state index in [-0.39, 0.29) is 5.54 Å². The normalized spacial score (nSPS) is 30.9. The number of hydrogen-bond donors (Lipinski definition) is 1. The number of nitrogens with zero attached hydrogens (tertiary/aromatic N) is 2. The van der Waals surface area contributed by atoms with Gasteiger partial charge in [0.2, 0.25) is 0 Å². The first kappa shape index (κ1) is 16.3. The summed E-state index contributed by atoms with van der Waals surface area (Å²) in [6.07, 6.45) is 6.49. The monoisotopic (exact) mass is 281 g/mol. The lowest BCUT2D eigenvalue weighted by atomic mass is 9.83. The maximum atomic E-state index is 6.38. The van der Waals surface area contributed by atoms with Crippen molar-refractivity contribution in [2.75, 3.05) is 26.2 Å². The predicted molar refractivity (Wildman–Crippen MR) is 86.9 cm³/mol. The number of hydrogen-bond acceptors (Lipinski definition) is 3. The summed E-state index contributed by atoms with van der Waals surface area (Å²) in [4.78, 5) is 5.54. The fourth-order valence-electron chi connectivity index (χ4n) is 4.71. The molecule has 2 saturated heterocycles. The Morgan fingerprint density at radius 1 is 1.25 bits per heavy atom. The molecule has 0 bridgehead atoms. The summed E-state index contributed by atoms with van der Waals surface area (Å²) in [6, 6.07) is 1.41. The van der Waals surface area contributed by atoms with E-state index < -0.39 is 0 Å². The van der Waals surface area contributed by atoms with E-state index in [1.165, 1.54) is 51.7 Å². The highest BCUT2D eigenvalue weighted by atomic mass is 15.3. The summed E-state index contributed by atoms with van der Waals surface area (Å²) in [5.41, 5.74) is 6.63. The van der Waals surface area contributed by atoms with Crippen molar-refractivity contribution >= 4 is 0 Å². The van der Waals surface area contributed by atoms with Gasteiger partial charge < -0.3 is 5.73 Å². The molecule has 0 saturated carbocycles. The van der Waals surface area contributed by atoms with E-state index in [1.807, 2.05) is 0 Å². The molecule has 0 amide bonds. The second-order valence-electron chi connectivity index (χ2n) is 7.27. The zero-order valence-corrected chi connectivity index (χ0v) is 14.1. The van der Waals surface area contributed by atoms with E-state index in [9.17, 15) is 0 Å². The van der Waals surface area contributed by atoms with Crippen LogP contribution in [0.5, 0.6) is 0 Å². The average molecular weight is 281 g/mol. The van der Waals surface area contributed by atoms with Crippen LogP contribution in [-0.4, -0.2) is 53.6 Å². The van der Waals surface area contributed by atoms with Crippen LogP contribution in [0.2, 0.25) is 0 Å². The van der Waals surface area contributed by atoms with Gasteiger partial charge in [0.25, 0.3) is 0 Å². The van der Waals surface area contributed by atoms with E-state index >= 15 is 0 Å². The SMILES string of the molecule is CCC(CC)N(CC(C)C)C1(CN)CCN2CCCC21. The third-order valence-electron chi connectivity index (χ3n) is 5.69. The van der Waals surface area contributed by atoms with Gasteiger partial charge in [-0.15, -0.1) is 0 Å². The van der Waals surface area contributed by atoms with Crippen molar-refractivity contribution < 1.29 is 0 Å². The lowest BCUT2D eigenvalue weighted by Gasteiger charge is -2.49. The molecule has 2 unspecified atom stereocenters. The number of rotatable bonds is 7. The molecule has 0 aromatic heterocycles. The molecule has 2 heterocycles. The molecule has 3 nitrogen and oxygen atoms in total. The van der Waals surface area contributed by atoms with E-state index in [1.54, 1.807) is 0 Å². The van der Waals surface area contributed by atoms with Crippen LogP contribution in [-0.2, 0) is 0 Å². The van der Waals surface area contributed by atoms with Gasteiger partial charge in [-0.3, -0.25) is 9.80 Å². The minimum atomic E-state index is 0.247. The van der Waals surface area contributed by atoms with Crippen molar-refractivity contribution in [2.24, 2.45) is 11.7 Å². The molecule has 20 heavy (non-hydrogen) atoms. The maximum Gasteiger partial charge on any atom is 0.0501 e. The Kier molecular flexibility index (Phi) is 5.49. The van der Waals surface area contributed by atoms with Crippen LogP contribution < -0.4 is 5.73 Å². The number of fused-ring (bicyclic) bond motifs is 1. The van der Waals surface area contributed by atoms with Gasteiger partial charge in [-0.2, -0.15) is 0 Å². The largest absolute Gasteiger partial charge is 0.329 e. The molecule has 0 aromatic rings. The van der Waals surface area contributed by atoms with Crippen molar-refractivity contribution in [1.29, 1.82) is 0 Å². The van der Waals surface area contributed by atoms with Gasteiger partial charge in [0.05, 0.1) is 5.54 Å². The summed E-state index contributed by atoms with van der Waals surface area (Å²) >= 11 is 0. The fraction of sp³-hybridized carbons (Fsp3) is 1.00. The van der Waals surface area contributed by atoms with Crippen molar-refractivity contribution in [3.05, 3.63) is 0 Å².